The van der Waals surface area contributed by atoms with Crippen molar-refractivity contribution in [3.8, 4) is 34.5 Å². The summed E-state index contributed by atoms with van der Waals surface area (Å²) < 4.78 is 20.6. The lowest BCUT2D eigenvalue weighted by atomic mass is 10.1. The second kappa shape index (κ2) is 32.6. The van der Waals surface area contributed by atoms with Crippen LogP contribution in [0.3, 0.4) is 0 Å². The van der Waals surface area contributed by atoms with E-state index < -0.39 is 41.9 Å². The van der Waals surface area contributed by atoms with Crippen molar-refractivity contribution in [1.29, 1.82) is 0 Å². The fourth-order valence-electron chi connectivity index (χ4n) is 6.14. The van der Waals surface area contributed by atoms with Gasteiger partial charge < -0.3 is 82.1 Å². The van der Waals surface area contributed by atoms with Crippen molar-refractivity contribution in [2.45, 2.75) is 33.8 Å². The number of carbonyl (C=O) groups is 7. The van der Waals surface area contributed by atoms with Gasteiger partial charge in [0.05, 0.1) is 25.4 Å². The zero-order valence-electron chi connectivity index (χ0n) is 43.9. The summed E-state index contributed by atoms with van der Waals surface area (Å²) in [5, 5.41) is 72.9. The number of amides is 2. The fourth-order valence-corrected chi connectivity index (χ4v) is 6.14. The number of hydrogen-bond acceptors (Lipinski definition) is 19. The van der Waals surface area contributed by atoms with Gasteiger partial charge in [0.1, 0.15) is 62.4 Å². The molecule has 2 heterocycles. The topological polar surface area (TPSA) is 437 Å². The van der Waals surface area contributed by atoms with Crippen LogP contribution in [0.25, 0.3) is 6.08 Å². The molecule has 1 unspecified atom stereocenters. The number of nitrogens with one attached hydrogen (secondary N) is 2. The average molecular weight is 1110 g/mol. The summed E-state index contributed by atoms with van der Waals surface area (Å²) in [4.78, 5) is 80.6. The molecule has 426 valence electrons. The number of carboxylic acid groups (broad SMARTS) is 5. The number of aromatic hydroxyl groups is 2. The Labute approximate surface area is 457 Å². The molecule has 26 heteroatoms. The van der Waals surface area contributed by atoms with Gasteiger partial charge in [-0.25, -0.2) is 29.5 Å². The van der Waals surface area contributed by atoms with E-state index in [1.54, 1.807) is 74.3 Å². The first-order valence-corrected chi connectivity index (χ1v) is 23.4. The van der Waals surface area contributed by atoms with Gasteiger partial charge in [-0.3, -0.25) is 19.8 Å². The Morgan fingerprint density at radius 1 is 0.600 bits per heavy atom. The molecular formula is C54H61N7O19. The summed E-state index contributed by atoms with van der Waals surface area (Å²) in [6.45, 7) is 7.98. The molecule has 5 aromatic carbocycles. The molecule has 80 heavy (non-hydrogen) atoms. The van der Waals surface area contributed by atoms with E-state index >= 15 is 0 Å². The van der Waals surface area contributed by atoms with E-state index in [1.165, 1.54) is 85.2 Å². The lowest BCUT2D eigenvalue weighted by Crippen LogP contribution is -2.26. The first-order valence-electron chi connectivity index (χ1n) is 23.4. The number of benzene rings is 5. The Kier molecular flexibility index (Phi) is 26.7. The lowest BCUT2D eigenvalue weighted by Gasteiger charge is -2.16. The highest BCUT2D eigenvalue weighted by Crippen LogP contribution is 2.27. The number of fused-ring (bicyclic) bond motifs is 1. The maximum atomic E-state index is 11.1. The van der Waals surface area contributed by atoms with Gasteiger partial charge in [-0.05, 0) is 112 Å². The number of hydrogen-bond donors (Lipinski definition) is 13. The number of anilines is 5. The third-order valence-electron chi connectivity index (χ3n) is 9.72. The molecule has 0 saturated carbocycles. The number of carboxylic acids is 5. The Hall–Kier alpha value is -10.8. The summed E-state index contributed by atoms with van der Waals surface area (Å²) >= 11 is 0. The van der Waals surface area contributed by atoms with Gasteiger partial charge >= 0.3 is 29.8 Å². The third kappa shape index (κ3) is 21.5. The second-order valence-electron chi connectivity index (χ2n) is 15.9. The van der Waals surface area contributed by atoms with Gasteiger partial charge in [0.2, 0.25) is 12.0 Å². The van der Waals surface area contributed by atoms with Crippen LogP contribution in [-0.4, -0.2) is 128 Å². The molecular weight excluding hydrogens is 1050 g/mol. The lowest BCUT2D eigenvalue weighted by molar-refractivity contribution is -0.142. The number of ether oxygens (including phenoxy) is 4. The maximum absolute atomic E-state index is 11.1. The largest absolute Gasteiger partial charge is 0.507 e. The number of nitrogens with two attached hydrogens (primary N) is 3. The molecule has 0 spiro atoms. The van der Waals surface area contributed by atoms with E-state index in [0.29, 0.717) is 71.3 Å². The van der Waals surface area contributed by atoms with Gasteiger partial charge in [0.15, 0.2) is 0 Å². The van der Waals surface area contributed by atoms with E-state index in [9.17, 15) is 43.8 Å². The summed E-state index contributed by atoms with van der Waals surface area (Å²) in [5.74, 6) is -5.32. The first kappa shape index (κ1) is 65.4. The van der Waals surface area contributed by atoms with Crippen LogP contribution in [0.5, 0.6) is 34.5 Å². The molecule has 7 rings (SSSR count). The first-order chi connectivity index (χ1) is 37.8. The molecule has 0 bridgehead atoms. The zero-order chi connectivity index (χ0) is 60.2. The summed E-state index contributed by atoms with van der Waals surface area (Å²) in [5.41, 5.74) is 21.4. The van der Waals surface area contributed by atoms with E-state index in [1.807, 2.05) is 14.1 Å². The Bertz CT molecular complexity index is 3150. The average Bonchev–Trinajstić information content (AvgIpc) is 3.40. The van der Waals surface area contributed by atoms with Crippen molar-refractivity contribution in [2.75, 3.05) is 61.3 Å². The van der Waals surface area contributed by atoms with Crippen LogP contribution >= 0.6 is 0 Å². The van der Waals surface area contributed by atoms with E-state index in [-0.39, 0.29) is 45.2 Å². The molecule has 26 nitrogen and oxygen atoms in total. The number of carbonyl (C=O) groups excluding carboxylic acids is 2. The fraction of sp³-hybridized carbons (Fsp3) is 0.185. The molecule has 0 aliphatic carbocycles. The number of nitrogen functional groups attached to an aromatic ring is 3. The molecule has 2 amide bonds. The highest BCUT2D eigenvalue weighted by Gasteiger charge is 2.21. The number of aliphatic carboxylic acids is 1. The molecule has 6 aromatic rings. The Morgan fingerprint density at radius 2 is 1.07 bits per heavy atom. The summed E-state index contributed by atoms with van der Waals surface area (Å²) in [7, 11) is 3.63. The van der Waals surface area contributed by atoms with E-state index in [2.05, 4.69) is 10.3 Å². The number of nitrogens with zero attached hydrogens (tertiary/aromatic N) is 2. The van der Waals surface area contributed by atoms with Crippen molar-refractivity contribution < 1.29 is 93.5 Å². The van der Waals surface area contributed by atoms with Crippen LogP contribution in [-0.2, 0) is 9.59 Å². The quantitative estimate of drug-likeness (QED) is 0.0308. The summed E-state index contributed by atoms with van der Waals surface area (Å²) in [6, 6.07) is 25.3. The number of phenols is 2. The van der Waals surface area contributed by atoms with Crippen LogP contribution in [0.1, 0.15) is 85.2 Å². The minimum absolute atomic E-state index is 0.0781. The van der Waals surface area contributed by atoms with Crippen molar-refractivity contribution in [1.82, 2.24) is 10.5 Å². The highest BCUT2D eigenvalue weighted by molar-refractivity contribution is 5.97. The van der Waals surface area contributed by atoms with Crippen molar-refractivity contribution in [3.05, 3.63) is 149 Å². The van der Waals surface area contributed by atoms with Crippen LogP contribution in [0.4, 0.5) is 28.4 Å². The Morgan fingerprint density at radius 3 is 1.55 bits per heavy atom. The Balaban J connectivity index is 0.000000328. The normalized spacial score (nSPS) is 11.1. The molecule has 0 saturated heterocycles. The number of hydroxylamine groups is 1. The number of aromatic carboxylic acids is 4. The van der Waals surface area contributed by atoms with Gasteiger partial charge in [0, 0.05) is 79.9 Å². The van der Waals surface area contributed by atoms with Gasteiger partial charge in [0.25, 0.3) is 5.91 Å². The van der Waals surface area contributed by atoms with Crippen LogP contribution in [0.15, 0.2) is 115 Å². The molecule has 0 fully saturated rings. The molecule has 0 radical (unpaired) electrons. The zero-order valence-corrected chi connectivity index (χ0v) is 43.9. The smallest absolute Gasteiger partial charge is 0.349 e. The van der Waals surface area contributed by atoms with Crippen LogP contribution in [0.2, 0.25) is 0 Å². The highest BCUT2D eigenvalue weighted by atomic mass is 16.5. The standard InChI is InChI=1S/C9H12N2O3.C9H9NO4.C9H7NO3.3C9H11NO3/c1-2-14-8-5-6(10)3-4-7(8)9(12)11-13;1-5(11)10-6-2-3-7(9(13)14)8(12)4-6;11-9(12)8-4-3-6-7(13-8)2-1-5-10-6;1-10(2)6-3-4-7(9(12)13)8(11)5-6;1-2-13-8-4-3-6(10)5-7(8)9(11)12;1-2-13-8-5-6(10)3-4-7(8)9(11)12/h3-5,13H,2,10H2,1H3,(H,11,12);2-4,12H,1H3,(H,10,11)(H,13,14);1-5,8H,(H,11,12);3-5,11H,1-2H3,(H,12,13);2*3-5H,2,10H2,1H3,(H,11,12). The van der Waals surface area contributed by atoms with Crippen molar-refractivity contribution in [2.24, 2.45) is 0 Å². The molecule has 1 atom stereocenters. The monoisotopic (exact) mass is 1110 g/mol. The van der Waals surface area contributed by atoms with Crippen LogP contribution in [0, 0.1) is 0 Å². The van der Waals surface area contributed by atoms with Crippen LogP contribution < -0.4 is 51.8 Å². The molecule has 1 aliphatic heterocycles. The number of pyridine rings is 1. The minimum atomic E-state index is -1.21. The molecule has 1 aromatic heterocycles. The predicted octanol–water partition coefficient (Wildman–Crippen LogP) is 6.66. The summed E-state index contributed by atoms with van der Waals surface area (Å²) in [6.07, 6.45) is 3.86. The van der Waals surface area contributed by atoms with Gasteiger partial charge in [-0.2, -0.15) is 0 Å². The predicted molar refractivity (Wildman–Crippen MR) is 293 cm³/mol. The number of rotatable bonds is 14. The van der Waals surface area contributed by atoms with Gasteiger partial charge in [-0.15, -0.1) is 0 Å². The van der Waals surface area contributed by atoms with Crippen molar-refractivity contribution >= 4 is 76.2 Å². The maximum Gasteiger partial charge on any atom is 0.349 e. The van der Waals surface area contributed by atoms with Gasteiger partial charge in [-0.1, -0.05) is 0 Å². The third-order valence-corrected chi connectivity index (χ3v) is 9.72. The molecule has 16 N–H and O–H groups in total. The molecule has 1 aliphatic rings. The van der Waals surface area contributed by atoms with Crippen molar-refractivity contribution in [3.63, 3.8) is 0 Å². The van der Waals surface area contributed by atoms with E-state index in [0.717, 1.165) is 5.69 Å². The van der Waals surface area contributed by atoms with E-state index in [4.69, 9.17) is 66.9 Å². The number of aromatic nitrogens is 1. The second-order valence-corrected chi connectivity index (χ2v) is 15.9. The minimum Gasteiger partial charge on any atom is -0.507 e. The SMILES string of the molecule is CC(=O)Nc1ccc(C(=O)O)c(O)c1.CCOc1cc(N)ccc1C(=O)NO.CCOc1cc(N)ccc1C(=O)O.CCOc1ccc(N)cc1C(=O)O.CN(C)c1ccc(C(=O)O)c(O)c1.O=C(O)C1C=Cc2ncccc2O1.